The van der Waals surface area contributed by atoms with Crippen LogP contribution in [0, 0.1) is 0 Å². The Morgan fingerprint density at radius 1 is 1.17 bits per heavy atom. The molecule has 0 bridgehead atoms. The normalized spacial score (nSPS) is 14.4. The van der Waals surface area contributed by atoms with Crippen molar-refractivity contribution in [2.75, 3.05) is 0 Å². The van der Waals surface area contributed by atoms with Gasteiger partial charge in [-0.15, -0.1) is 0 Å². The number of fused-ring (bicyclic) bond motifs is 1. The van der Waals surface area contributed by atoms with E-state index in [1.807, 2.05) is 30.3 Å². The summed E-state index contributed by atoms with van der Waals surface area (Å²) in [4.78, 5) is 11.4. The Kier molecular flexibility index (Phi) is 5.32. The summed E-state index contributed by atoms with van der Waals surface area (Å²) in [7, 11) is -3.88. The van der Waals surface area contributed by atoms with Gasteiger partial charge < -0.3 is 5.11 Å². The fraction of sp³-hybridized carbons (Fsp3) is 0.267. The third-order valence-corrected chi connectivity index (χ3v) is 4.68. The number of aliphatic hydroxyl groups excluding tert-OH is 1. The van der Waals surface area contributed by atoms with Gasteiger partial charge in [-0.2, -0.15) is 4.72 Å². The number of aliphatic hydroxyl groups is 1. The highest BCUT2D eigenvalue weighted by Crippen LogP contribution is 2.17. The number of nitrogens with one attached hydrogen (secondary N) is 2. The van der Waals surface area contributed by atoms with Gasteiger partial charge in [0.05, 0.1) is 11.9 Å². The minimum absolute atomic E-state index is 0.347. The van der Waals surface area contributed by atoms with Gasteiger partial charge in [-0.1, -0.05) is 42.5 Å². The second-order valence-electron chi connectivity index (χ2n) is 5.25. The van der Waals surface area contributed by atoms with Crippen molar-refractivity contribution in [3.05, 3.63) is 48.0 Å². The first-order chi connectivity index (χ1) is 10.8. The maximum absolute atomic E-state index is 12.2. The maximum atomic E-state index is 12.2. The van der Waals surface area contributed by atoms with Crippen molar-refractivity contribution in [3.8, 4) is 0 Å². The summed E-state index contributed by atoms with van der Waals surface area (Å²) in [6.45, 7) is 1.25. The maximum Gasteiger partial charge on any atom is 0.264 e. The molecule has 0 radical (unpaired) electrons. The molecule has 0 fully saturated rings. The van der Waals surface area contributed by atoms with E-state index in [1.165, 1.54) is 12.4 Å². The van der Waals surface area contributed by atoms with Crippen molar-refractivity contribution in [3.63, 3.8) is 0 Å². The van der Waals surface area contributed by atoms with Gasteiger partial charge in [-0.3, -0.25) is 10.0 Å². The van der Waals surface area contributed by atoms with Gasteiger partial charge in [0.2, 0.25) is 10.0 Å². The van der Waals surface area contributed by atoms with Crippen LogP contribution in [-0.2, 0) is 20.6 Å². The molecule has 0 saturated carbocycles. The van der Waals surface area contributed by atoms with Crippen LogP contribution in [-0.4, -0.2) is 36.8 Å². The number of hydrogen-bond acceptors (Lipinski definition) is 5. The molecular formula is C15H18N2O5S. The molecule has 0 aliphatic rings. The van der Waals surface area contributed by atoms with E-state index in [1.54, 1.807) is 12.1 Å². The van der Waals surface area contributed by atoms with Gasteiger partial charge >= 0.3 is 0 Å². The van der Waals surface area contributed by atoms with Crippen molar-refractivity contribution in [2.24, 2.45) is 0 Å². The molecule has 2 aromatic rings. The Balaban J connectivity index is 2.20. The third kappa shape index (κ3) is 4.49. The minimum atomic E-state index is -3.88. The molecule has 1 amide bonds. The predicted octanol–water partition coefficient (Wildman–Crippen LogP) is 0.514. The van der Waals surface area contributed by atoms with Crippen molar-refractivity contribution >= 4 is 26.7 Å². The number of carbonyl (C=O) groups is 1. The molecule has 7 nitrogen and oxygen atoms in total. The first-order valence-electron chi connectivity index (χ1n) is 6.92. The van der Waals surface area contributed by atoms with Crippen LogP contribution in [0.25, 0.3) is 10.8 Å². The zero-order valence-corrected chi connectivity index (χ0v) is 13.2. The largest absolute Gasteiger partial charge is 0.391 e. The van der Waals surface area contributed by atoms with Crippen LogP contribution < -0.4 is 10.2 Å². The Morgan fingerprint density at radius 2 is 1.83 bits per heavy atom. The van der Waals surface area contributed by atoms with Crippen LogP contribution in [0.15, 0.2) is 42.5 Å². The molecule has 0 saturated heterocycles. The standard InChI is InChI=1S/C15H18N2O5S/c1-10(18)14(15(19)16-20)17-23(21,22)9-11-6-7-12-4-2-3-5-13(12)8-11/h2-8,10,14,17-18,20H,9H2,1H3,(H,16,19)/t10-,14?/m1/s1. The van der Waals surface area contributed by atoms with Gasteiger partial charge in [0.1, 0.15) is 6.04 Å². The Morgan fingerprint density at radius 3 is 2.43 bits per heavy atom. The predicted molar refractivity (Wildman–Crippen MR) is 85.1 cm³/mol. The Hall–Kier alpha value is -2.00. The number of hydrogen-bond donors (Lipinski definition) is 4. The molecule has 2 aromatic carbocycles. The summed E-state index contributed by atoms with van der Waals surface area (Å²) in [5, 5.41) is 20.0. The summed E-state index contributed by atoms with van der Waals surface area (Å²) in [5.41, 5.74) is 1.88. The summed E-state index contributed by atoms with van der Waals surface area (Å²) >= 11 is 0. The van der Waals surface area contributed by atoms with Gasteiger partial charge in [-0.25, -0.2) is 13.9 Å². The fourth-order valence-electron chi connectivity index (χ4n) is 2.22. The number of hydroxylamine groups is 1. The van der Waals surface area contributed by atoms with Crippen LogP contribution in [0.3, 0.4) is 0 Å². The van der Waals surface area contributed by atoms with Crippen molar-refractivity contribution in [1.29, 1.82) is 0 Å². The van der Waals surface area contributed by atoms with E-state index in [4.69, 9.17) is 5.21 Å². The molecular weight excluding hydrogens is 320 g/mol. The molecule has 0 aliphatic carbocycles. The lowest BCUT2D eigenvalue weighted by molar-refractivity contribution is -0.133. The smallest absolute Gasteiger partial charge is 0.264 e. The van der Waals surface area contributed by atoms with E-state index in [9.17, 15) is 18.3 Å². The van der Waals surface area contributed by atoms with Crippen molar-refractivity contribution < 1.29 is 23.5 Å². The molecule has 1 unspecified atom stereocenters. The number of sulfonamides is 1. The molecule has 0 spiro atoms. The van der Waals surface area contributed by atoms with E-state index in [2.05, 4.69) is 4.72 Å². The van der Waals surface area contributed by atoms with Gasteiger partial charge in [0, 0.05) is 0 Å². The van der Waals surface area contributed by atoms with Crippen LogP contribution in [0.1, 0.15) is 12.5 Å². The van der Waals surface area contributed by atoms with Gasteiger partial charge in [0.15, 0.2) is 0 Å². The van der Waals surface area contributed by atoms with Crippen molar-refractivity contribution in [2.45, 2.75) is 24.8 Å². The molecule has 0 aromatic heterocycles. The first-order valence-corrected chi connectivity index (χ1v) is 8.57. The van der Waals surface area contributed by atoms with Gasteiger partial charge in [-0.05, 0) is 23.3 Å². The fourth-order valence-corrected chi connectivity index (χ4v) is 3.62. The molecule has 0 aliphatic heterocycles. The Bertz CT molecular complexity index is 804. The van der Waals surface area contributed by atoms with E-state index in [0.717, 1.165) is 10.8 Å². The first kappa shape index (κ1) is 17.4. The van der Waals surface area contributed by atoms with E-state index >= 15 is 0 Å². The zero-order valence-electron chi connectivity index (χ0n) is 12.4. The summed E-state index contributed by atoms with van der Waals surface area (Å²) in [5.74, 6) is -1.37. The lowest BCUT2D eigenvalue weighted by Crippen LogP contribution is -2.51. The Labute approximate surface area is 134 Å². The quantitative estimate of drug-likeness (QED) is 0.452. The molecule has 2 rings (SSSR count). The van der Waals surface area contributed by atoms with E-state index in [0.29, 0.717) is 5.56 Å². The molecule has 8 heteroatoms. The zero-order chi connectivity index (χ0) is 17.0. The van der Waals surface area contributed by atoms with Crippen LogP contribution in [0.4, 0.5) is 0 Å². The lowest BCUT2D eigenvalue weighted by atomic mass is 10.1. The second-order valence-corrected chi connectivity index (χ2v) is 7.01. The summed E-state index contributed by atoms with van der Waals surface area (Å²) in [6, 6.07) is 11.3. The minimum Gasteiger partial charge on any atom is -0.391 e. The number of rotatable bonds is 6. The molecule has 2 atom stereocenters. The number of amides is 1. The second kappa shape index (κ2) is 7.05. The third-order valence-electron chi connectivity index (χ3n) is 3.35. The lowest BCUT2D eigenvalue weighted by Gasteiger charge is -2.19. The monoisotopic (exact) mass is 338 g/mol. The average molecular weight is 338 g/mol. The average Bonchev–Trinajstić information content (AvgIpc) is 2.51. The van der Waals surface area contributed by atoms with E-state index < -0.39 is 28.1 Å². The number of carbonyl (C=O) groups excluding carboxylic acids is 1. The molecule has 124 valence electrons. The highest BCUT2D eigenvalue weighted by Gasteiger charge is 2.28. The molecule has 0 heterocycles. The van der Waals surface area contributed by atoms with Crippen LogP contribution in [0.5, 0.6) is 0 Å². The van der Waals surface area contributed by atoms with Crippen LogP contribution >= 0.6 is 0 Å². The highest BCUT2D eigenvalue weighted by atomic mass is 32.2. The summed E-state index contributed by atoms with van der Waals surface area (Å²) < 4.78 is 26.5. The van der Waals surface area contributed by atoms with Gasteiger partial charge in [0.25, 0.3) is 5.91 Å². The molecule has 23 heavy (non-hydrogen) atoms. The van der Waals surface area contributed by atoms with E-state index in [-0.39, 0.29) is 5.75 Å². The van der Waals surface area contributed by atoms with Crippen molar-refractivity contribution in [1.82, 2.24) is 10.2 Å². The SMILES string of the molecule is C[C@@H](O)C(NS(=O)(=O)Cc1ccc2ccccc2c1)C(=O)NO. The molecule has 4 N–H and O–H groups in total. The topological polar surface area (TPSA) is 116 Å². The summed E-state index contributed by atoms with van der Waals surface area (Å²) in [6.07, 6.45) is -1.30. The highest BCUT2D eigenvalue weighted by molar-refractivity contribution is 7.88. The number of benzene rings is 2. The van der Waals surface area contributed by atoms with Crippen LogP contribution in [0.2, 0.25) is 0 Å².